The third kappa shape index (κ3) is 12.1. The van der Waals surface area contributed by atoms with Crippen molar-refractivity contribution < 1.29 is 49.9 Å². The molecule has 27 nitrogen and oxygen atoms in total. The van der Waals surface area contributed by atoms with Crippen LogP contribution < -0.4 is 22.5 Å². The van der Waals surface area contributed by atoms with Crippen molar-refractivity contribution in [2.24, 2.45) is 0 Å². The fraction of sp³-hybridized carbons (Fsp3) is 0.732. The van der Waals surface area contributed by atoms with Gasteiger partial charge in [0, 0.05) is 32.8 Å². The highest BCUT2D eigenvalue weighted by molar-refractivity contribution is 6.84. The topological polar surface area (TPSA) is 313 Å². The average Bonchev–Trinajstić information content (AvgIpc) is 1.65. The van der Waals surface area contributed by atoms with E-state index in [0.29, 0.717) is 59.2 Å². The maximum absolute atomic E-state index is 13.3. The molecule has 0 saturated carbocycles. The number of hydrogen-bond acceptors (Lipinski definition) is 23. The van der Waals surface area contributed by atoms with Crippen LogP contribution in [0.3, 0.4) is 0 Å². The number of aryl methyl sites for hydroxylation is 1. The number of anilines is 3. The number of carbonyl (C=O) groups is 1. The number of carbonyl (C=O) groups excluding carboxylic acids is 1. The van der Waals surface area contributed by atoms with E-state index in [9.17, 15) is 9.59 Å². The number of ether oxygens (including phenoxy) is 2. The largest absolute Gasteiger partial charge is 0.414 e. The molecule has 0 spiro atoms. The van der Waals surface area contributed by atoms with Crippen molar-refractivity contribution in [2.75, 3.05) is 57.2 Å². The number of aromatic amines is 1. The molecule has 8 atom stereocenters. The van der Waals surface area contributed by atoms with E-state index in [1.165, 1.54) is 30.5 Å². The van der Waals surface area contributed by atoms with Crippen LogP contribution in [-0.4, -0.2) is 175 Å². The summed E-state index contributed by atoms with van der Waals surface area (Å²) in [6.07, 6.45) is 4.43. The predicted molar refractivity (Wildman–Crippen MR) is 338 cm³/mol. The summed E-state index contributed by atoms with van der Waals surface area (Å²) >= 11 is 0. The minimum Gasteiger partial charge on any atom is -0.414 e. The number of H-pyrrole nitrogens is 1. The van der Waals surface area contributed by atoms with Gasteiger partial charge in [0.05, 0.1) is 39.0 Å². The highest BCUT2D eigenvalue weighted by atomic mass is 28.5. The van der Waals surface area contributed by atoms with Gasteiger partial charge in [0.15, 0.2) is 47.6 Å². The number of nitrogens with one attached hydrogen (secondary N) is 2. The lowest BCUT2D eigenvalue weighted by Crippen LogP contribution is -2.71. The van der Waals surface area contributed by atoms with E-state index in [1.54, 1.807) is 24.5 Å². The van der Waals surface area contributed by atoms with Gasteiger partial charge in [0.1, 0.15) is 52.9 Å². The summed E-state index contributed by atoms with van der Waals surface area (Å²) in [6, 6.07) is 0. The van der Waals surface area contributed by atoms with Gasteiger partial charge < -0.3 is 57.2 Å². The molecule has 6 N–H and O–H groups in total. The Balaban J connectivity index is 0.000000192. The highest BCUT2D eigenvalue weighted by Gasteiger charge is 2.71. The number of likely N-dealkylation sites (N-methyl/N-ethyl adjacent to an activating group) is 2. The summed E-state index contributed by atoms with van der Waals surface area (Å²) in [4.78, 5) is 69.2. The number of imidazole rings is 2. The first-order valence-corrected chi connectivity index (χ1v) is 38.1. The highest BCUT2D eigenvalue weighted by Crippen LogP contribution is 2.56. The molecule has 11 heterocycles. The second kappa shape index (κ2) is 25.6. The second-order valence-corrected chi connectivity index (χ2v) is 44.1. The first kappa shape index (κ1) is 68.3. The number of hydrogen-bond donors (Lipinski definition) is 4. The molecule has 5 aromatic rings. The van der Waals surface area contributed by atoms with Gasteiger partial charge in [-0.15, -0.1) is 0 Å². The Morgan fingerprint density at radius 2 is 1.09 bits per heavy atom. The van der Waals surface area contributed by atoms with Crippen LogP contribution in [0.4, 0.5) is 17.5 Å². The third-order valence-electron chi connectivity index (χ3n) is 17.9. The minimum atomic E-state index is -2.93. The van der Waals surface area contributed by atoms with Crippen molar-refractivity contribution in [3.8, 4) is 0 Å². The second-order valence-electron chi connectivity index (χ2n) is 26.4. The lowest BCUT2D eigenvalue weighted by Gasteiger charge is -2.55. The molecule has 0 aliphatic carbocycles. The molecular weight excluding hydrogens is 1190 g/mol. The molecule has 2 unspecified atom stereocenters. The van der Waals surface area contributed by atoms with Crippen LogP contribution in [0.15, 0.2) is 36.3 Å². The summed E-state index contributed by atoms with van der Waals surface area (Å²) in [7, 11) is -7.50. The monoisotopic (exact) mass is 1280 g/mol. The SMILES string of the molecule is C.CC(=O)Nc1nc(=O)n([C@@H]2O[C@]34CO[Si](C(C)C)(C(C)C)O[Si](C(C)C)(C(C)C)O[C@@H]3C2ON(C)C4)cc1C.CC(C)[Si]1(C(C)C)OC[C@@]23CN(C)OC([C@H](n4cnc5c(N)ncnc54)O2)[C@H]3O[Si](C(C)C)(C(C)C)O1.Nc1ncnc2nc[nH]c12. The molecule has 87 heavy (non-hydrogen) atoms. The van der Waals surface area contributed by atoms with Gasteiger partial charge in [-0.05, 0) is 51.3 Å². The van der Waals surface area contributed by atoms with Gasteiger partial charge in [-0.3, -0.25) is 23.6 Å². The van der Waals surface area contributed by atoms with E-state index < -0.39 is 81.9 Å². The first-order valence-electron chi connectivity index (χ1n) is 30.2. The molecule has 0 radical (unpaired) electrons. The van der Waals surface area contributed by atoms with Gasteiger partial charge in [-0.2, -0.15) is 15.1 Å². The molecule has 484 valence electrons. The Morgan fingerprint density at radius 3 is 1.54 bits per heavy atom. The number of rotatable bonds is 11. The molecule has 11 rings (SSSR count). The van der Waals surface area contributed by atoms with E-state index in [4.69, 9.17) is 56.6 Å². The Hall–Kier alpha value is -4.56. The average molecular weight is 1280 g/mol. The Bertz CT molecular complexity index is 3250. The van der Waals surface area contributed by atoms with Crippen molar-refractivity contribution in [3.05, 3.63) is 47.6 Å². The molecule has 31 heteroatoms. The van der Waals surface area contributed by atoms with Crippen molar-refractivity contribution in [1.29, 1.82) is 0 Å². The maximum Gasteiger partial charge on any atom is 0.351 e. The molecule has 6 aliphatic heterocycles. The summed E-state index contributed by atoms with van der Waals surface area (Å²) in [5.41, 5.74) is 14.0. The Kier molecular flexibility index (Phi) is 20.1. The molecule has 1 amide bonds. The first-order chi connectivity index (χ1) is 40.3. The van der Waals surface area contributed by atoms with Gasteiger partial charge in [-0.1, -0.05) is 118 Å². The van der Waals surface area contributed by atoms with E-state index in [-0.39, 0.29) is 76.2 Å². The summed E-state index contributed by atoms with van der Waals surface area (Å²) in [6.45, 7) is 40.0. The molecule has 0 aromatic carbocycles. The van der Waals surface area contributed by atoms with Crippen molar-refractivity contribution in [2.45, 2.75) is 224 Å². The lowest BCUT2D eigenvalue weighted by atomic mass is 9.94. The van der Waals surface area contributed by atoms with Gasteiger partial charge >= 0.3 is 39.9 Å². The van der Waals surface area contributed by atoms with Crippen LogP contribution in [0.2, 0.25) is 44.3 Å². The molecule has 6 aliphatic rings. The summed E-state index contributed by atoms with van der Waals surface area (Å²) < 4.78 is 60.6. The van der Waals surface area contributed by atoms with E-state index in [2.05, 4.69) is 156 Å². The van der Waals surface area contributed by atoms with Crippen LogP contribution in [0.5, 0.6) is 0 Å². The van der Waals surface area contributed by atoms with E-state index in [1.807, 2.05) is 23.7 Å². The molecule has 6 saturated heterocycles. The van der Waals surface area contributed by atoms with Crippen molar-refractivity contribution in [3.63, 3.8) is 0 Å². The molecule has 4 bridgehead atoms. The van der Waals surface area contributed by atoms with Crippen LogP contribution >= 0.6 is 0 Å². The Labute approximate surface area is 515 Å². The zero-order chi connectivity index (χ0) is 63.0. The number of amides is 1. The maximum atomic E-state index is 13.3. The van der Waals surface area contributed by atoms with Gasteiger partial charge in [-0.25, -0.2) is 34.7 Å². The molecule has 5 aromatic heterocycles. The zero-order valence-electron chi connectivity index (χ0n) is 53.8. The number of aromatic nitrogens is 10. The van der Waals surface area contributed by atoms with Crippen molar-refractivity contribution in [1.82, 2.24) is 59.1 Å². The van der Waals surface area contributed by atoms with Crippen LogP contribution in [0.1, 0.15) is 143 Å². The number of hydroxylamine groups is 4. The third-order valence-corrected chi connectivity index (χ3v) is 38.3. The normalized spacial score (nSPS) is 28.4. The fourth-order valence-corrected chi connectivity index (χ4v) is 36.2. The number of nitrogens with zero attached hydrogens (tertiary/aromatic N) is 11. The number of nitrogen functional groups attached to an aromatic ring is 2. The minimum absolute atomic E-state index is 0. The smallest absolute Gasteiger partial charge is 0.351 e. The fourth-order valence-electron chi connectivity index (χ4n) is 13.6. The van der Waals surface area contributed by atoms with Gasteiger partial charge in [0.25, 0.3) is 0 Å². The predicted octanol–water partition coefficient (Wildman–Crippen LogP) is 8.43. The zero-order valence-corrected chi connectivity index (χ0v) is 57.8. The number of nitrogens with two attached hydrogens (primary N) is 2. The Morgan fingerprint density at radius 1 is 0.644 bits per heavy atom. The summed E-state index contributed by atoms with van der Waals surface area (Å²) in [5.74, 6) is 0.698. The van der Waals surface area contributed by atoms with E-state index in [0.717, 1.165) is 0 Å². The molecular formula is C56H97N15O12Si4. The standard InChI is InChI=1S/C26H46N4O7Si2.C24H42N6O5Si2.C5H5N5.CH4/c1-15(2)38(16(3)4)33-14-26-13-29(11)35-21(22(26)36-39(37-38,17(5)6)18(7)8)24(34-26)30-12-19(9)23(27-20(10)31)28-25(30)32;1-14(2)36(15(3)4)31-11-24-10-29(9)33-19(20(24)34-37(35-36,16(5)6)17(7)8)23(32-24)30-13-28-18-21(25)26-12-27-22(18)30;6-4-3-5(9-1-7-3)10-2-8-4;/h12,15-18,21-22,24H,13-14H2,1-11H3,(H,27,28,31,32);12-17,19-20,23H,10-11H2,1-9H3,(H2,25,26,27);1-2H,(H3,6,7,8,9,10);1H4/t21?,22-,24-,26-;19?,20-,23-,24-;;/m11../s1. The molecule has 6 fully saturated rings. The van der Waals surface area contributed by atoms with Gasteiger partial charge in [0.2, 0.25) is 5.91 Å². The van der Waals surface area contributed by atoms with Crippen LogP contribution in [0, 0.1) is 6.92 Å². The quantitative estimate of drug-likeness (QED) is 0.0901. The lowest BCUT2D eigenvalue weighted by molar-refractivity contribution is -0.257. The number of fused-ring (bicyclic) bond motifs is 2. The van der Waals surface area contributed by atoms with E-state index >= 15 is 0 Å². The van der Waals surface area contributed by atoms with Crippen molar-refractivity contribution >= 4 is 79.9 Å². The summed E-state index contributed by atoms with van der Waals surface area (Å²) in [5, 5.41) is 6.23. The van der Waals surface area contributed by atoms with Crippen LogP contribution in [0.25, 0.3) is 22.3 Å². The van der Waals surface area contributed by atoms with Crippen LogP contribution in [-0.2, 0) is 49.9 Å².